The molecule has 0 radical (unpaired) electrons. The van der Waals surface area contributed by atoms with Crippen LogP contribution in [0.3, 0.4) is 0 Å². The molecule has 0 N–H and O–H groups in total. The average molecular weight is 333 g/mol. The van der Waals surface area contributed by atoms with Crippen molar-refractivity contribution in [3.63, 3.8) is 0 Å². The topological polar surface area (TPSA) is 29.5 Å². The Hall–Kier alpha value is -0.580. The first-order chi connectivity index (χ1) is 8.58. The van der Waals surface area contributed by atoms with Gasteiger partial charge in [-0.25, -0.2) is 0 Å². The maximum atomic E-state index is 12.4. The number of hydrogen-bond donors (Lipinski definition) is 0. The highest BCUT2D eigenvalue weighted by Crippen LogP contribution is 2.24. The van der Waals surface area contributed by atoms with Gasteiger partial charge < -0.3 is 9.64 Å². The lowest BCUT2D eigenvalue weighted by Crippen LogP contribution is -2.35. The molecule has 2 rings (SSSR count). The van der Waals surface area contributed by atoms with Crippen LogP contribution in [-0.2, 0) is 4.74 Å². The highest BCUT2D eigenvalue weighted by molar-refractivity contribution is 9.10. The van der Waals surface area contributed by atoms with Crippen molar-refractivity contribution in [3.8, 4) is 0 Å². The summed E-state index contributed by atoms with van der Waals surface area (Å²) in [6.07, 6.45) is 0.961. The van der Waals surface area contributed by atoms with E-state index >= 15 is 0 Å². The van der Waals surface area contributed by atoms with Gasteiger partial charge in [-0.2, -0.15) is 0 Å². The SMILES string of the molecule is CC1CN(C(=O)c2ccc(Br)c(Cl)c2)CCCO1. The summed E-state index contributed by atoms with van der Waals surface area (Å²) in [6, 6.07) is 5.28. The largest absolute Gasteiger partial charge is 0.377 e. The number of hydrogen-bond acceptors (Lipinski definition) is 2. The van der Waals surface area contributed by atoms with E-state index in [1.54, 1.807) is 18.2 Å². The molecule has 3 nitrogen and oxygen atoms in total. The standard InChI is InChI=1S/C13H15BrClNO2/c1-9-8-16(5-2-6-18-9)13(17)10-3-4-11(14)12(15)7-10/h3-4,7,9H,2,5-6,8H2,1H3. The third-order valence-electron chi connectivity index (χ3n) is 2.91. The summed E-state index contributed by atoms with van der Waals surface area (Å²) in [6.45, 7) is 4.07. The minimum Gasteiger partial charge on any atom is -0.377 e. The summed E-state index contributed by atoms with van der Waals surface area (Å²) in [5, 5.41) is 0.556. The first kappa shape index (κ1) is 13.8. The van der Waals surface area contributed by atoms with E-state index in [1.165, 1.54) is 0 Å². The smallest absolute Gasteiger partial charge is 0.253 e. The molecule has 0 bridgehead atoms. The first-order valence-electron chi connectivity index (χ1n) is 5.94. The van der Waals surface area contributed by atoms with Gasteiger partial charge in [-0.05, 0) is 47.5 Å². The van der Waals surface area contributed by atoms with Crippen LogP contribution in [0.4, 0.5) is 0 Å². The zero-order chi connectivity index (χ0) is 13.1. The van der Waals surface area contributed by atoms with Crippen LogP contribution in [0.2, 0.25) is 5.02 Å². The van der Waals surface area contributed by atoms with E-state index in [0.717, 1.165) is 17.4 Å². The van der Waals surface area contributed by atoms with E-state index in [1.807, 2.05) is 11.8 Å². The van der Waals surface area contributed by atoms with Gasteiger partial charge in [0.2, 0.25) is 0 Å². The minimum atomic E-state index is 0.0155. The van der Waals surface area contributed by atoms with Crippen LogP contribution in [0.5, 0.6) is 0 Å². The first-order valence-corrected chi connectivity index (χ1v) is 7.11. The highest BCUT2D eigenvalue weighted by Gasteiger charge is 2.21. The second-order valence-electron chi connectivity index (χ2n) is 4.42. The van der Waals surface area contributed by atoms with Crippen molar-refractivity contribution in [2.75, 3.05) is 19.7 Å². The van der Waals surface area contributed by atoms with Crippen LogP contribution in [-0.4, -0.2) is 36.6 Å². The van der Waals surface area contributed by atoms with Gasteiger partial charge in [0.15, 0.2) is 0 Å². The fourth-order valence-electron chi connectivity index (χ4n) is 1.99. The van der Waals surface area contributed by atoms with E-state index in [-0.39, 0.29) is 12.0 Å². The Morgan fingerprint density at radius 2 is 2.33 bits per heavy atom. The van der Waals surface area contributed by atoms with Crippen LogP contribution in [0, 0.1) is 0 Å². The lowest BCUT2D eigenvalue weighted by molar-refractivity contribution is 0.0562. The van der Waals surface area contributed by atoms with E-state index in [9.17, 15) is 4.79 Å². The van der Waals surface area contributed by atoms with Crippen molar-refractivity contribution in [3.05, 3.63) is 33.3 Å². The molecule has 1 aromatic rings. The Labute approximate surface area is 120 Å². The summed E-state index contributed by atoms with van der Waals surface area (Å²) in [5.41, 5.74) is 0.623. The van der Waals surface area contributed by atoms with Gasteiger partial charge in [0.1, 0.15) is 0 Å². The molecule has 1 heterocycles. The molecule has 98 valence electrons. The Kier molecular flexibility index (Phi) is 4.65. The molecular formula is C13H15BrClNO2. The molecule has 1 atom stereocenters. The second kappa shape index (κ2) is 6.04. The van der Waals surface area contributed by atoms with Crippen molar-refractivity contribution in [1.82, 2.24) is 4.90 Å². The molecule has 0 aromatic heterocycles. The molecular weight excluding hydrogens is 318 g/mol. The number of carbonyl (C=O) groups is 1. The second-order valence-corrected chi connectivity index (χ2v) is 5.68. The Morgan fingerprint density at radius 1 is 1.56 bits per heavy atom. The number of nitrogens with zero attached hydrogens (tertiary/aromatic N) is 1. The molecule has 0 spiro atoms. The molecule has 1 fully saturated rings. The maximum absolute atomic E-state index is 12.4. The average Bonchev–Trinajstić information content (AvgIpc) is 2.56. The third-order valence-corrected chi connectivity index (χ3v) is 4.14. The van der Waals surface area contributed by atoms with Crippen LogP contribution in [0.15, 0.2) is 22.7 Å². The van der Waals surface area contributed by atoms with Crippen LogP contribution in [0.1, 0.15) is 23.7 Å². The number of ether oxygens (including phenoxy) is 1. The molecule has 5 heteroatoms. The van der Waals surface area contributed by atoms with Crippen LogP contribution >= 0.6 is 27.5 Å². The summed E-state index contributed by atoms with van der Waals surface area (Å²) in [5.74, 6) is 0.0155. The Morgan fingerprint density at radius 3 is 3.06 bits per heavy atom. The molecule has 18 heavy (non-hydrogen) atoms. The predicted octanol–water partition coefficient (Wildman–Crippen LogP) is 3.35. The summed E-state index contributed by atoms with van der Waals surface area (Å²) in [4.78, 5) is 14.2. The molecule has 0 saturated carbocycles. The van der Waals surface area contributed by atoms with Crippen molar-refractivity contribution >= 4 is 33.4 Å². The zero-order valence-corrected chi connectivity index (χ0v) is 12.5. The monoisotopic (exact) mass is 331 g/mol. The van der Waals surface area contributed by atoms with Crippen molar-refractivity contribution in [1.29, 1.82) is 0 Å². The van der Waals surface area contributed by atoms with Gasteiger partial charge in [-0.1, -0.05) is 11.6 Å². The Balaban J connectivity index is 2.16. The van der Waals surface area contributed by atoms with Crippen molar-refractivity contribution in [2.24, 2.45) is 0 Å². The molecule has 1 unspecified atom stereocenters. The highest BCUT2D eigenvalue weighted by atomic mass is 79.9. The van der Waals surface area contributed by atoms with Gasteiger partial charge in [0, 0.05) is 29.7 Å². The number of benzene rings is 1. The number of halogens is 2. The van der Waals surface area contributed by atoms with Crippen LogP contribution in [0.25, 0.3) is 0 Å². The van der Waals surface area contributed by atoms with Crippen molar-refractivity contribution < 1.29 is 9.53 Å². The maximum Gasteiger partial charge on any atom is 0.253 e. The van der Waals surface area contributed by atoms with Gasteiger partial charge in [0.05, 0.1) is 11.1 Å². The molecule has 0 aliphatic carbocycles. The molecule has 1 amide bonds. The lowest BCUT2D eigenvalue weighted by atomic mass is 10.2. The van der Waals surface area contributed by atoms with E-state index in [2.05, 4.69) is 15.9 Å². The zero-order valence-electron chi connectivity index (χ0n) is 10.2. The normalized spacial score (nSPS) is 20.6. The molecule has 1 aromatic carbocycles. The predicted molar refractivity (Wildman–Crippen MR) is 75.1 cm³/mol. The van der Waals surface area contributed by atoms with Gasteiger partial charge >= 0.3 is 0 Å². The quantitative estimate of drug-likeness (QED) is 0.789. The van der Waals surface area contributed by atoms with Crippen molar-refractivity contribution in [2.45, 2.75) is 19.4 Å². The Bertz CT molecular complexity index is 453. The van der Waals surface area contributed by atoms with E-state index in [4.69, 9.17) is 16.3 Å². The summed E-state index contributed by atoms with van der Waals surface area (Å²) < 4.78 is 6.33. The minimum absolute atomic E-state index is 0.0155. The number of amides is 1. The molecule has 1 aliphatic rings. The molecule has 1 aliphatic heterocycles. The number of rotatable bonds is 1. The molecule has 1 saturated heterocycles. The fraction of sp³-hybridized carbons (Fsp3) is 0.462. The summed E-state index contributed by atoms with van der Waals surface area (Å²) in [7, 11) is 0. The van der Waals surface area contributed by atoms with E-state index < -0.39 is 0 Å². The summed E-state index contributed by atoms with van der Waals surface area (Å²) >= 11 is 9.34. The third kappa shape index (κ3) is 3.25. The van der Waals surface area contributed by atoms with Gasteiger partial charge in [-0.15, -0.1) is 0 Å². The van der Waals surface area contributed by atoms with E-state index in [0.29, 0.717) is 23.7 Å². The fourth-order valence-corrected chi connectivity index (χ4v) is 2.42. The van der Waals surface area contributed by atoms with Crippen LogP contribution < -0.4 is 0 Å². The number of carbonyl (C=O) groups excluding carboxylic acids is 1. The van der Waals surface area contributed by atoms with Gasteiger partial charge in [0.25, 0.3) is 5.91 Å². The lowest BCUT2D eigenvalue weighted by Gasteiger charge is -2.22. The van der Waals surface area contributed by atoms with Gasteiger partial charge in [-0.3, -0.25) is 4.79 Å².